The Morgan fingerprint density at radius 1 is 1.19 bits per heavy atom. The minimum atomic E-state index is -0.383. The first kappa shape index (κ1) is 15.8. The number of likely N-dealkylation sites (N-methyl/N-ethyl adjacent to an activating group) is 1. The normalized spacial score (nSPS) is 12.2. The standard InChI is InChI=1S/C17H19ClFNO/c1-3-20-16(14-5-4-6-15(19)17(14)18)11-12-7-9-13(21-2)10-8-12/h4-10,16,20H,3,11H2,1-2H3. The Morgan fingerprint density at radius 2 is 1.90 bits per heavy atom. The lowest BCUT2D eigenvalue weighted by atomic mass is 9.98. The SMILES string of the molecule is CCNC(Cc1ccc(OC)cc1)c1cccc(F)c1Cl. The Kier molecular flexibility index (Phi) is 5.59. The van der Waals surface area contributed by atoms with Crippen molar-refractivity contribution < 1.29 is 9.13 Å². The third-order valence-electron chi connectivity index (χ3n) is 3.41. The van der Waals surface area contributed by atoms with Crippen LogP contribution in [0.15, 0.2) is 42.5 Å². The molecule has 0 saturated carbocycles. The van der Waals surface area contributed by atoms with Gasteiger partial charge in [0, 0.05) is 6.04 Å². The average molecular weight is 308 g/mol. The fourth-order valence-corrected chi connectivity index (χ4v) is 2.58. The van der Waals surface area contributed by atoms with Gasteiger partial charge in [0.15, 0.2) is 0 Å². The molecule has 2 rings (SSSR count). The topological polar surface area (TPSA) is 21.3 Å². The van der Waals surface area contributed by atoms with Crippen LogP contribution in [0.1, 0.15) is 24.1 Å². The van der Waals surface area contributed by atoms with E-state index in [0.29, 0.717) is 0 Å². The molecule has 1 atom stereocenters. The summed E-state index contributed by atoms with van der Waals surface area (Å²) in [5.74, 6) is 0.439. The van der Waals surface area contributed by atoms with Gasteiger partial charge in [-0.15, -0.1) is 0 Å². The van der Waals surface area contributed by atoms with Gasteiger partial charge in [-0.05, 0) is 42.3 Å². The first-order valence-corrected chi connectivity index (χ1v) is 7.33. The van der Waals surface area contributed by atoms with Crippen LogP contribution < -0.4 is 10.1 Å². The van der Waals surface area contributed by atoms with Crippen molar-refractivity contribution in [3.8, 4) is 5.75 Å². The highest BCUT2D eigenvalue weighted by Crippen LogP contribution is 2.28. The van der Waals surface area contributed by atoms with Gasteiger partial charge in [0.05, 0.1) is 12.1 Å². The molecule has 2 aromatic carbocycles. The molecule has 1 unspecified atom stereocenters. The number of rotatable bonds is 6. The number of nitrogens with one attached hydrogen (secondary N) is 1. The molecule has 0 aliphatic rings. The first-order valence-electron chi connectivity index (χ1n) is 6.96. The molecule has 0 heterocycles. The molecule has 0 aliphatic heterocycles. The van der Waals surface area contributed by atoms with E-state index in [1.807, 2.05) is 37.3 Å². The number of methoxy groups -OCH3 is 1. The van der Waals surface area contributed by atoms with Crippen molar-refractivity contribution in [2.24, 2.45) is 0 Å². The summed E-state index contributed by atoms with van der Waals surface area (Å²) in [5.41, 5.74) is 1.93. The predicted octanol–water partition coefficient (Wildman–Crippen LogP) is 4.38. The molecule has 0 fully saturated rings. The Hall–Kier alpha value is -1.58. The Bertz CT molecular complexity index is 586. The summed E-state index contributed by atoms with van der Waals surface area (Å²) in [6.07, 6.45) is 0.737. The van der Waals surface area contributed by atoms with E-state index in [9.17, 15) is 4.39 Å². The largest absolute Gasteiger partial charge is 0.497 e. The summed E-state index contributed by atoms with van der Waals surface area (Å²) >= 11 is 6.10. The lowest BCUT2D eigenvalue weighted by Gasteiger charge is -2.20. The number of ether oxygens (including phenoxy) is 1. The van der Waals surface area contributed by atoms with Crippen molar-refractivity contribution in [3.63, 3.8) is 0 Å². The second-order valence-corrected chi connectivity index (χ2v) is 5.18. The summed E-state index contributed by atoms with van der Waals surface area (Å²) in [4.78, 5) is 0. The smallest absolute Gasteiger partial charge is 0.142 e. The first-order chi connectivity index (χ1) is 10.2. The molecule has 112 valence electrons. The third-order valence-corrected chi connectivity index (χ3v) is 3.81. The second kappa shape index (κ2) is 7.43. The number of benzene rings is 2. The van der Waals surface area contributed by atoms with E-state index in [4.69, 9.17) is 16.3 Å². The van der Waals surface area contributed by atoms with Crippen LogP contribution in [0.5, 0.6) is 5.75 Å². The zero-order valence-corrected chi connectivity index (χ0v) is 13.0. The summed E-state index contributed by atoms with van der Waals surface area (Å²) < 4.78 is 18.8. The van der Waals surface area contributed by atoms with Crippen LogP contribution >= 0.6 is 11.6 Å². The zero-order chi connectivity index (χ0) is 15.2. The highest BCUT2D eigenvalue weighted by Gasteiger charge is 2.16. The molecule has 0 amide bonds. The highest BCUT2D eigenvalue weighted by atomic mass is 35.5. The number of hydrogen-bond acceptors (Lipinski definition) is 2. The van der Waals surface area contributed by atoms with Crippen LogP contribution in [0, 0.1) is 5.82 Å². The molecule has 0 radical (unpaired) electrons. The van der Waals surface area contributed by atoms with Gasteiger partial charge < -0.3 is 10.1 Å². The van der Waals surface area contributed by atoms with Crippen molar-refractivity contribution in [1.82, 2.24) is 5.32 Å². The van der Waals surface area contributed by atoms with Crippen molar-refractivity contribution >= 4 is 11.6 Å². The molecule has 0 aromatic heterocycles. The van der Waals surface area contributed by atoms with Gasteiger partial charge in [-0.1, -0.05) is 42.8 Å². The number of halogens is 2. The van der Waals surface area contributed by atoms with Gasteiger partial charge in [-0.2, -0.15) is 0 Å². The minimum Gasteiger partial charge on any atom is -0.497 e. The van der Waals surface area contributed by atoms with Crippen LogP contribution in [-0.2, 0) is 6.42 Å². The fourth-order valence-electron chi connectivity index (χ4n) is 2.33. The summed E-state index contributed by atoms with van der Waals surface area (Å²) in [7, 11) is 1.64. The molecule has 21 heavy (non-hydrogen) atoms. The van der Waals surface area contributed by atoms with Crippen LogP contribution in [0.3, 0.4) is 0 Å². The van der Waals surface area contributed by atoms with Crippen molar-refractivity contribution in [1.29, 1.82) is 0 Å². The van der Waals surface area contributed by atoms with E-state index < -0.39 is 0 Å². The van der Waals surface area contributed by atoms with E-state index in [1.54, 1.807) is 13.2 Å². The number of hydrogen-bond donors (Lipinski definition) is 1. The molecular formula is C17H19ClFNO. The van der Waals surface area contributed by atoms with Crippen LogP contribution in [0.25, 0.3) is 0 Å². The third kappa shape index (κ3) is 3.96. The second-order valence-electron chi connectivity index (χ2n) is 4.81. The Morgan fingerprint density at radius 3 is 2.52 bits per heavy atom. The van der Waals surface area contributed by atoms with E-state index in [-0.39, 0.29) is 16.9 Å². The van der Waals surface area contributed by atoms with Gasteiger partial charge in [-0.3, -0.25) is 0 Å². The van der Waals surface area contributed by atoms with Gasteiger partial charge in [0.1, 0.15) is 11.6 Å². The van der Waals surface area contributed by atoms with E-state index in [1.165, 1.54) is 6.07 Å². The van der Waals surface area contributed by atoms with E-state index >= 15 is 0 Å². The van der Waals surface area contributed by atoms with Gasteiger partial charge >= 0.3 is 0 Å². The van der Waals surface area contributed by atoms with Gasteiger partial charge in [0.25, 0.3) is 0 Å². The van der Waals surface area contributed by atoms with Gasteiger partial charge in [0.2, 0.25) is 0 Å². The predicted molar refractivity (Wildman–Crippen MR) is 84.5 cm³/mol. The molecule has 0 aliphatic carbocycles. The van der Waals surface area contributed by atoms with Crippen molar-refractivity contribution in [3.05, 3.63) is 64.4 Å². The van der Waals surface area contributed by atoms with E-state index in [0.717, 1.165) is 29.8 Å². The molecule has 4 heteroatoms. The highest BCUT2D eigenvalue weighted by molar-refractivity contribution is 6.31. The Balaban J connectivity index is 2.24. The average Bonchev–Trinajstić information content (AvgIpc) is 2.50. The van der Waals surface area contributed by atoms with Gasteiger partial charge in [-0.25, -0.2) is 4.39 Å². The fraction of sp³-hybridized carbons (Fsp3) is 0.294. The maximum atomic E-state index is 13.6. The summed E-state index contributed by atoms with van der Waals surface area (Å²) in [6.45, 7) is 2.81. The van der Waals surface area contributed by atoms with Crippen molar-refractivity contribution in [2.75, 3.05) is 13.7 Å². The molecule has 0 bridgehead atoms. The molecule has 1 N–H and O–H groups in total. The minimum absolute atomic E-state index is 0.0217. The maximum absolute atomic E-state index is 13.6. The van der Waals surface area contributed by atoms with Crippen molar-refractivity contribution in [2.45, 2.75) is 19.4 Å². The lowest BCUT2D eigenvalue weighted by molar-refractivity contribution is 0.414. The monoisotopic (exact) mass is 307 g/mol. The Labute approximate surface area is 129 Å². The summed E-state index contributed by atoms with van der Waals surface area (Å²) in [6, 6.07) is 12.8. The zero-order valence-electron chi connectivity index (χ0n) is 12.2. The lowest BCUT2D eigenvalue weighted by Crippen LogP contribution is -2.23. The molecule has 0 spiro atoms. The molecular weight excluding hydrogens is 289 g/mol. The van der Waals surface area contributed by atoms with Crippen LogP contribution in [0.4, 0.5) is 4.39 Å². The van der Waals surface area contributed by atoms with Crippen LogP contribution in [0.2, 0.25) is 5.02 Å². The maximum Gasteiger partial charge on any atom is 0.142 e. The molecule has 2 aromatic rings. The molecule has 2 nitrogen and oxygen atoms in total. The quantitative estimate of drug-likeness (QED) is 0.855. The molecule has 0 saturated heterocycles. The van der Waals surface area contributed by atoms with E-state index in [2.05, 4.69) is 5.32 Å². The van der Waals surface area contributed by atoms with Crippen LogP contribution in [-0.4, -0.2) is 13.7 Å². The summed E-state index contributed by atoms with van der Waals surface area (Å²) in [5, 5.41) is 3.55.